The maximum absolute atomic E-state index is 12.4. The number of piperidine rings is 1. The third-order valence-electron chi connectivity index (χ3n) is 3.28. The monoisotopic (exact) mass is 320 g/mol. The number of aromatic nitrogens is 2. The Morgan fingerprint density at radius 2 is 2.14 bits per heavy atom. The summed E-state index contributed by atoms with van der Waals surface area (Å²) in [6, 6.07) is -0.751. The first-order valence-corrected chi connectivity index (χ1v) is 6.46. The number of alkyl halides is 3. The predicted octanol–water partition coefficient (Wildman–Crippen LogP) is 0.537. The lowest BCUT2D eigenvalue weighted by Crippen LogP contribution is -2.55. The van der Waals surface area contributed by atoms with Gasteiger partial charge in [0.2, 0.25) is 6.10 Å². The van der Waals surface area contributed by atoms with Gasteiger partial charge in [0, 0.05) is 26.8 Å². The van der Waals surface area contributed by atoms with Gasteiger partial charge in [0.05, 0.1) is 17.9 Å². The maximum atomic E-state index is 12.4. The second-order valence-electron chi connectivity index (χ2n) is 5.03. The molecule has 2 atom stereocenters. The molecule has 1 aliphatic heterocycles. The number of nitrogens with one attached hydrogen (secondary N) is 1. The Kier molecular flexibility index (Phi) is 4.29. The highest BCUT2D eigenvalue weighted by Crippen LogP contribution is 2.23. The number of amides is 1. The molecule has 1 N–H and O–H groups in total. The van der Waals surface area contributed by atoms with E-state index in [0.717, 1.165) is 0 Å². The number of likely N-dealkylation sites (N-methyl/N-ethyl adjacent to an activating group) is 1. The summed E-state index contributed by atoms with van der Waals surface area (Å²) in [4.78, 5) is 24.3. The van der Waals surface area contributed by atoms with Crippen molar-refractivity contribution in [2.75, 3.05) is 18.9 Å². The first-order valence-electron chi connectivity index (χ1n) is 6.46. The molecule has 1 amide bonds. The van der Waals surface area contributed by atoms with Crippen LogP contribution in [0.2, 0.25) is 0 Å². The minimum atomic E-state index is -5.14. The van der Waals surface area contributed by atoms with Gasteiger partial charge in [-0.05, 0) is 6.42 Å². The van der Waals surface area contributed by atoms with E-state index >= 15 is 0 Å². The molecule has 122 valence electrons. The van der Waals surface area contributed by atoms with Crippen LogP contribution in [0.4, 0.5) is 18.9 Å². The summed E-state index contributed by atoms with van der Waals surface area (Å²) in [6.07, 6.45) is -3.27. The van der Waals surface area contributed by atoms with Crippen LogP contribution in [-0.4, -0.2) is 58.5 Å². The van der Waals surface area contributed by atoms with Gasteiger partial charge in [-0.25, -0.2) is 4.79 Å². The fourth-order valence-electron chi connectivity index (χ4n) is 2.16. The van der Waals surface area contributed by atoms with Gasteiger partial charge in [0.15, 0.2) is 0 Å². The van der Waals surface area contributed by atoms with Crippen molar-refractivity contribution in [2.45, 2.75) is 24.7 Å². The van der Waals surface area contributed by atoms with Gasteiger partial charge < -0.3 is 15.0 Å². The van der Waals surface area contributed by atoms with E-state index in [-0.39, 0.29) is 0 Å². The third kappa shape index (κ3) is 3.49. The number of anilines is 1. The van der Waals surface area contributed by atoms with Crippen molar-refractivity contribution in [1.29, 1.82) is 0 Å². The van der Waals surface area contributed by atoms with E-state index in [9.17, 15) is 22.8 Å². The van der Waals surface area contributed by atoms with Crippen molar-refractivity contribution in [3.63, 3.8) is 0 Å². The molecule has 2 rings (SSSR count). The molecule has 1 saturated heterocycles. The highest BCUT2D eigenvalue weighted by atomic mass is 19.4. The molecule has 1 fully saturated rings. The summed E-state index contributed by atoms with van der Waals surface area (Å²) in [7, 11) is 3.11. The summed E-state index contributed by atoms with van der Waals surface area (Å²) in [5.74, 6) is -3.05. The summed E-state index contributed by atoms with van der Waals surface area (Å²) >= 11 is 0. The normalized spacial score (nSPS) is 22.6. The molecular formula is C12H15F3N4O3. The zero-order valence-electron chi connectivity index (χ0n) is 11.9. The van der Waals surface area contributed by atoms with Gasteiger partial charge >= 0.3 is 12.1 Å². The fourth-order valence-corrected chi connectivity index (χ4v) is 2.16. The minimum absolute atomic E-state index is 0.340. The van der Waals surface area contributed by atoms with Gasteiger partial charge in [-0.15, -0.1) is 0 Å². The number of carbonyl (C=O) groups excluding carboxylic acids is 2. The molecule has 0 aromatic carbocycles. The molecule has 7 nitrogen and oxygen atoms in total. The largest absolute Gasteiger partial charge is 0.490 e. The second-order valence-corrected chi connectivity index (χ2v) is 5.03. The number of ether oxygens (including phenoxy) is 1. The molecule has 2 heterocycles. The Bertz CT molecular complexity index is 572. The zero-order valence-corrected chi connectivity index (χ0v) is 11.9. The first kappa shape index (κ1) is 16.1. The number of carbonyl (C=O) groups is 2. The van der Waals surface area contributed by atoms with Crippen LogP contribution in [0.1, 0.15) is 6.42 Å². The number of nitrogens with zero attached hydrogens (tertiary/aromatic N) is 3. The zero-order chi connectivity index (χ0) is 16.5. The molecule has 0 spiro atoms. The highest BCUT2D eigenvalue weighted by molar-refractivity contribution is 5.86. The van der Waals surface area contributed by atoms with E-state index in [2.05, 4.69) is 15.2 Å². The van der Waals surface area contributed by atoms with Crippen molar-refractivity contribution < 1.29 is 27.5 Å². The van der Waals surface area contributed by atoms with Crippen LogP contribution in [0.3, 0.4) is 0 Å². The number of rotatable bonds is 3. The number of aryl methyl sites for hydroxylation is 1. The molecule has 0 bridgehead atoms. The molecule has 1 aromatic rings. The van der Waals surface area contributed by atoms with Crippen LogP contribution >= 0.6 is 0 Å². The Balaban J connectivity index is 2.15. The van der Waals surface area contributed by atoms with Crippen molar-refractivity contribution in [2.24, 2.45) is 7.05 Å². The molecule has 1 aromatic heterocycles. The van der Waals surface area contributed by atoms with E-state index in [4.69, 9.17) is 0 Å². The Morgan fingerprint density at radius 3 is 2.68 bits per heavy atom. The van der Waals surface area contributed by atoms with Crippen molar-refractivity contribution >= 4 is 17.6 Å². The maximum Gasteiger partial charge on any atom is 0.490 e. The molecule has 22 heavy (non-hydrogen) atoms. The van der Waals surface area contributed by atoms with E-state index in [0.29, 0.717) is 18.7 Å². The minimum Gasteiger partial charge on any atom is -0.443 e. The van der Waals surface area contributed by atoms with Gasteiger partial charge in [0.25, 0.3) is 5.91 Å². The van der Waals surface area contributed by atoms with Gasteiger partial charge in [0.1, 0.15) is 0 Å². The Morgan fingerprint density at radius 1 is 1.45 bits per heavy atom. The van der Waals surface area contributed by atoms with Crippen molar-refractivity contribution in [3.05, 3.63) is 12.4 Å². The van der Waals surface area contributed by atoms with Crippen LogP contribution in [0.15, 0.2) is 12.4 Å². The Labute approximate surface area is 124 Å². The lowest BCUT2D eigenvalue weighted by molar-refractivity contribution is -0.207. The lowest BCUT2D eigenvalue weighted by atomic mass is 10.0. The molecular weight excluding hydrogens is 305 g/mol. The SMILES string of the molecule is CN1CCC(Nc2cnn(C)c2)C(OC(=O)C(F)(F)F)C1=O. The second kappa shape index (κ2) is 5.85. The van der Waals surface area contributed by atoms with Crippen LogP contribution in [-0.2, 0) is 21.4 Å². The van der Waals surface area contributed by atoms with Crippen molar-refractivity contribution in [1.82, 2.24) is 14.7 Å². The average Bonchev–Trinajstić information content (AvgIpc) is 2.82. The number of hydrogen-bond donors (Lipinski definition) is 1. The number of halogens is 3. The summed E-state index contributed by atoms with van der Waals surface area (Å²) < 4.78 is 42.9. The van der Waals surface area contributed by atoms with E-state index in [1.807, 2.05) is 0 Å². The molecule has 0 radical (unpaired) electrons. The standard InChI is InChI=1S/C12H15F3N4O3/c1-18-4-3-8(17-7-5-16-19(2)6-7)9(10(18)20)22-11(21)12(13,14)15/h5-6,8-9,17H,3-4H2,1-2H3. The van der Waals surface area contributed by atoms with Gasteiger partial charge in [-0.2, -0.15) is 18.3 Å². The smallest absolute Gasteiger partial charge is 0.443 e. The highest BCUT2D eigenvalue weighted by Gasteiger charge is 2.46. The van der Waals surface area contributed by atoms with Crippen LogP contribution in [0.5, 0.6) is 0 Å². The molecule has 10 heteroatoms. The van der Waals surface area contributed by atoms with Crippen LogP contribution < -0.4 is 5.32 Å². The van der Waals surface area contributed by atoms with Gasteiger partial charge in [-0.1, -0.05) is 0 Å². The summed E-state index contributed by atoms with van der Waals surface area (Å²) in [5, 5.41) is 6.80. The summed E-state index contributed by atoms with van der Waals surface area (Å²) in [6.45, 7) is 0.344. The fraction of sp³-hybridized carbons (Fsp3) is 0.583. The average molecular weight is 320 g/mol. The lowest BCUT2D eigenvalue weighted by Gasteiger charge is -2.35. The number of likely N-dealkylation sites (tertiary alicyclic amines) is 1. The molecule has 1 aliphatic rings. The van der Waals surface area contributed by atoms with Crippen LogP contribution in [0, 0.1) is 0 Å². The van der Waals surface area contributed by atoms with Gasteiger partial charge in [-0.3, -0.25) is 9.48 Å². The van der Waals surface area contributed by atoms with E-state index < -0.39 is 30.2 Å². The van der Waals surface area contributed by atoms with Crippen molar-refractivity contribution in [3.8, 4) is 0 Å². The topological polar surface area (TPSA) is 76.5 Å². The molecule has 2 unspecified atom stereocenters. The number of esters is 1. The van der Waals surface area contributed by atoms with Crippen LogP contribution in [0.25, 0.3) is 0 Å². The third-order valence-corrected chi connectivity index (χ3v) is 3.28. The van der Waals surface area contributed by atoms with E-state index in [1.165, 1.54) is 22.8 Å². The Hall–Kier alpha value is -2.26. The summed E-state index contributed by atoms with van der Waals surface area (Å²) in [5.41, 5.74) is 0.526. The molecule has 0 aliphatic carbocycles. The first-order chi connectivity index (χ1) is 10.2. The number of hydrogen-bond acceptors (Lipinski definition) is 5. The quantitative estimate of drug-likeness (QED) is 0.823. The molecule has 0 saturated carbocycles. The van der Waals surface area contributed by atoms with E-state index in [1.54, 1.807) is 13.2 Å². The predicted molar refractivity (Wildman–Crippen MR) is 68.8 cm³/mol.